The average Bonchev–Trinajstić information content (AvgIpc) is 2.78. The van der Waals surface area contributed by atoms with Crippen molar-refractivity contribution in [3.8, 4) is 0 Å². The van der Waals surface area contributed by atoms with E-state index < -0.39 is 0 Å². The van der Waals surface area contributed by atoms with Gasteiger partial charge in [0.25, 0.3) is 0 Å². The Hall–Kier alpha value is -1.37. The van der Waals surface area contributed by atoms with Crippen LogP contribution in [0.2, 0.25) is 0 Å². The molecule has 0 spiro atoms. The van der Waals surface area contributed by atoms with Gasteiger partial charge in [-0.1, -0.05) is 43.7 Å². The molecule has 0 N–H and O–H groups in total. The molecule has 1 atom stereocenters. The lowest BCUT2D eigenvalue weighted by Crippen LogP contribution is -1.94. The molecule has 84 valence electrons. The van der Waals surface area contributed by atoms with Gasteiger partial charge in [0.05, 0.1) is 0 Å². The van der Waals surface area contributed by atoms with E-state index in [1.54, 1.807) is 0 Å². The first-order valence-electron chi connectivity index (χ1n) is 5.87. The molecular formula is C15H17F. The van der Waals surface area contributed by atoms with Crippen molar-refractivity contribution < 1.29 is 4.39 Å². The monoisotopic (exact) mass is 216 g/mol. The molecule has 1 heteroatoms. The summed E-state index contributed by atoms with van der Waals surface area (Å²) >= 11 is 0. The molecule has 0 saturated heterocycles. The third kappa shape index (κ3) is 2.24. The smallest absolute Gasteiger partial charge is 0.123 e. The van der Waals surface area contributed by atoms with Crippen LogP contribution in [0.4, 0.5) is 4.39 Å². The van der Waals surface area contributed by atoms with Gasteiger partial charge in [0.15, 0.2) is 0 Å². The number of hydrogen-bond acceptors (Lipinski definition) is 0. The lowest BCUT2D eigenvalue weighted by atomic mass is 9.97. The number of halogens is 1. The van der Waals surface area contributed by atoms with Gasteiger partial charge in [0.2, 0.25) is 0 Å². The molecule has 0 nitrogen and oxygen atoms in total. The first-order valence-corrected chi connectivity index (χ1v) is 5.87. The maximum Gasteiger partial charge on any atom is 0.123 e. The summed E-state index contributed by atoms with van der Waals surface area (Å²) in [7, 11) is 0. The second-order valence-electron chi connectivity index (χ2n) is 4.40. The lowest BCUT2D eigenvalue weighted by Gasteiger charge is -2.08. The highest BCUT2D eigenvalue weighted by atomic mass is 19.1. The van der Waals surface area contributed by atoms with E-state index in [0.717, 1.165) is 12.0 Å². The Morgan fingerprint density at radius 1 is 1.25 bits per heavy atom. The fourth-order valence-corrected chi connectivity index (χ4v) is 1.99. The molecule has 1 aromatic rings. The highest BCUT2D eigenvalue weighted by Crippen LogP contribution is 2.31. The van der Waals surface area contributed by atoms with Crippen LogP contribution in [0.25, 0.3) is 5.57 Å². The van der Waals surface area contributed by atoms with Crippen LogP contribution in [0.1, 0.15) is 32.3 Å². The zero-order chi connectivity index (χ0) is 11.5. The van der Waals surface area contributed by atoms with Crippen LogP contribution in [0, 0.1) is 11.7 Å². The van der Waals surface area contributed by atoms with Crippen LogP contribution < -0.4 is 0 Å². The molecule has 0 amide bonds. The van der Waals surface area contributed by atoms with E-state index in [1.165, 1.54) is 29.7 Å². The number of benzene rings is 1. The van der Waals surface area contributed by atoms with Gasteiger partial charge >= 0.3 is 0 Å². The van der Waals surface area contributed by atoms with Gasteiger partial charge in [-0.15, -0.1) is 0 Å². The number of rotatable bonds is 3. The summed E-state index contributed by atoms with van der Waals surface area (Å²) in [6.07, 6.45) is 6.70. The molecule has 16 heavy (non-hydrogen) atoms. The molecule has 0 aromatic heterocycles. The fraction of sp³-hybridized carbons (Fsp3) is 0.333. The van der Waals surface area contributed by atoms with Crippen molar-refractivity contribution in [2.24, 2.45) is 5.92 Å². The van der Waals surface area contributed by atoms with E-state index in [4.69, 9.17) is 0 Å². The Morgan fingerprint density at radius 3 is 2.56 bits per heavy atom. The molecule has 1 aliphatic rings. The lowest BCUT2D eigenvalue weighted by molar-refractivity contribution is 0.627. The van der Waals surface area contributed by atoms with Crippen molar-refractivity contribution in [2.45, 2.75) is 26.7 Å². The standard InChI is InChI=1S/C15H17F/c1-3-11(2)13-4-5-14(10-13)12-6-8-15(16)9-7-12/h5-11H,3-4H2,1-2H3. The Labute approximate surface area is 96.5 Å². The van der Waals surface area contributed by atoms with E-state index in [2.05, 4.69) is 26.0 Å². The molecule has 0 aliphatic heterocycles. The summed E-state index contributed by atoms with van der Waals surface area (Å²) in [5.41, 5.74) is 3.83. The first kappa shape index (κ1) is 11.1. The average molecular weight is 216 g/mol. The Bertz CT molecular complexity index is 423. The third-order valence-electron chi connectivity index (χ3n) is 3.32. The summed E-state index contributed by atoms with van der Waals surface area (Å²) in [6, 6.07) is 6.73. The summed E-state index contributed by atoms with van der Waals surface area (Å²) in [5.74, 6) is 0.475. The fourth-order valence-electron chi connectivity index (χ4n) is 1.99. The highest BCUT2D eigenvalue weighted by Gasteiger charge is 2.12. The first-order chi connectivity index (χ1) is 7.70. The highest BCUT2D eigenvalue weighted by molar-refractivity contribution is 5.77. The normalized spacial score (nSPS) is 16.9. The topological polar surface area (TPSA) is 0 Å². The molecule has 2 rings (SSSR count). The van der Waals surface area contributed by atoms with Crippen LogP contribution in [-0.2, 0) is 0 Å². The van der Waals surface area contributed by atoms with Gasteiger partial charge < -0.3 is 0 Å². The predicted molar refractivity (Wildman–Crippen MR) is 66.5 cm³/mol. The van der Waals surface area contributed by atoms with Gasteiger partial charge in [-0.25, -0.2) is 4.39 Å². The maximum atomic E-state index is 12.8. The van der Waals surface area contributed by atoms with Crippen molar-refractivity contribution in [1.82, 2.24) is 0 Å². The molecule has 0 bridgehead atoms. The van der Waals surface area contributed by atoms with Crippen LogP contribution in [0.5, 0.6) is 0 Å². The van der Waals surface area contributed by atoms with E-state index in [9.17, 15) is 4.39 Å². The van der Waals surface area contributed by atoms with Gasteiger partial charge in [0.1, 0.15) is 5.82 Å². The van der Waals surface area contributed by atoms with Gasteiger partial charge in [0, 0.05) is 0 Å². The van der Waals surface area contributed by atoms with Crippen molar-refractivity contribution >= 4 is 5.57 Å². The zero-order valence-corrected chi connectivity index (χ0v) is 9.83. The minimum atomic E-state index is -0.173. The van der Waals surface area contributed by atoms with Crippen LogP contribution in [0.3, 0.4) is 0 Å². The maximum absolute atomic E-state index is 12.8. The van der Waals surface area contributed by atoms with Crippen molar-refractivity contribution in [3.63, 3.8) is 0 Å². The molecule has 0 radical (unpaired) electrons. The second-order valence-corrected chi connectivity index (χ2v) is 4.40. The largest absolute Gasteiger partial charge is 0.207 e. The molecule has 1 aromatic carbocycles. The molecule has 0 heterocycles. The molecule has 1 unspecified atom stereocenters. The van der Waals surface area contributed by atoms with Crippen LogP contribution in [-0.4, -0.2) is 0 Å². The molecule has 0 fully saturated rings. The Morgan fingerprint density at radius 2 is 1.94 bits per heavy atom. The van der Waals surface area contributed by atoms with E-state index in [0.29, 0.717) is 5.92 Å². The summed E-state index contributed by atoms with van der Waals surface area (Å²) in [6.45, 7) is 4.47. The molecule has 1 aliphatic carbocycles. The molecular weight excluding hydrogens is 199 g/mol. The summed E-state index contributed by atoms with van der Waals surface area (Å²) in [4.78, 5) is 0. The van der Waals surface area contributed by atoms with E-state index in [1.807, 2.05) is 12.1 Å². The van der Waals surface area contributed by atoms with Crippen molar-refractivity contribution in [3.05, 3.63) is 53.4 Å². The third-order valence-corrected chi connectivity index (χ3v) is 3.32. The molecule has 0 saturated carbocycles. The number of hydrogen-bond donors (Lipinski definition) is 0. The predicted octanol–water partition coefficient (Wildman–Crippen LogP) is 4.59. The van der Waals surface area contributed by atoms with Gasteiger partial charge in [-0.2, -0.15) is 0 Å². The Balaban J connectivity index is 2.18. The minimum absolute atomic E-state index is 0.173. The van der Waals surface area contributed by atoms with E-state index in [-0.39, 0.29) is 5.82 Å². The second kappa shape index (κ2) is 4.65. The summed E-state index contributed by atoms with van der Waals surface area (Å²) in [5, 5.41) is 0. The van der Waals surface area contributed by atoms with Crippen LogP contribution >= 0.6 is 0 Å². The van der Waals surface area contributed by atoms with E-state index >= 15 is 0 Å². The van der Waals surface area contributed by atoms with Crippen LogP contribution in [0.15, 0.2) is 42.0 Å². The summed E-state index contributed by atoms with van der Waals surface area (Å²) < 4.78 is 12.8. The number of allylic oxidation sites excluding steroid dienone is 4. The van der Waals surface area contributed by atoms with Crippen molar-refractivity contribution in [1.29, 1.82) is 0 Å². The van der Waals surface area contributed by atoms with Gasteiger partial charge in [-0.05, 0) is 42.0 Å². The zero-order valence-electron chi connectivity index (χ0n) is 9.83. The van der Waals surface area contributed by atoms with Crippen molar-refractivity contribution in [2.75, 3.05) is 0 Å². The quantitative estimate of drug-likeness (QED) is 0.693. The van der Waals surface area contributed by atoms with Gasteiger partial charge in [-0.3, -0.25) is 0 Å². The SMILES string of the molecule is CCC(C)C1=CC(c2ccc(F)cc2)=CC1. The minimum Gasteiger partial charge on any atom is -0.207 e. The Kier molecular flexibility index (Phi) is 3.23.